The Morgan fingerprint density at radius 1 is 1.25 bits per heavy atom. The van der Waals surface area contributed by atoms with Crippen molar-refractivity contribution in [1.82, 2.24) is 10.2 Å². The Morgan fingerprint density at radius 2 is 1.96 bits per heavy atom. The molecule has 1 aliphatic heterocycles. The lowest BCUT2D eigenvalue weighted by molar-refractivity contribution is -0.137. The predicted octanol–water partition coefficient (Wildman–Crippen LogP) is 3.19. The number of likely N-dealkylation sites (tertiary alicyclic amines) is 1. The van der Waals surface area contributed by atoms with Gasteiger partial charge in [-0.3, -0.25) is 0 Å². The summed E-state index contributed by atoms with van der Waals surface area (Å²) in [5.74, 6) is 0. The van der Waals surface area contributed by atoms with E-state index in [1.54, 1.807) is 4.90 Å². The molecule has 134 valence electrons. The number of benzene rings is 1. The van der Waals surface area contributed by atoms with E-state index in [4.69, 9.17) is 5.11 Å². The number of hydrogen-bond acceptors (Lipinski definition) is 2. The number of urea groups is 1. The second kappa shape index (κ2) is 8.37. The van der Waals surface area contributed by atoms with Gasteiger partial charge in [0.05, 0.1) is 5.56 Å². The minimum Gasteiger partial charge on any atom is -0.396 e. The average Bonchev–Trinajstić information content (AvgIpc) is 2.55. The van der Waals surface area contributed by atoms with Gasteiger partial charge in [0.2, 0.25) is 0 Å². The number of aliphatic hydroxyl groups excluding tert-OH is 1. The van der Waals surface area contributed by atoms with Gasteiger partial charge in [-0.05, 0) is 49.8 Å². The molecule has 1 aliphatic rings. The highest BCUT2D eigenvalue weighted by molar-refractivity contribution is 5.74. The molecule has 4 nitrogen and oxygen atoms in total. The molecule has 0 aromatic heterocycles. The molecule has 1 aromatic carbocycles. The van der Waals surface area contributed by atoms with Crippen LogP contribution in [0.4, 0.5) is 18.0 Å². The third kappa shape index (κ3) is 5.12. The van der Waals surface area contributed by atoms with E-state index in [0.717, 1.165) is 37.0 Å². The van der Waals surface area contributed by atoms with Gasteiger partial charge in [-0.2, -0.15) is 13.2 Å². The first-order chi connectivity index (χ1) is 11.4. The van der Waals surface area contributed by atoms with E-state index in [1.807, 2.05) is 0 Å². The number of rotatable bonds is 5. The van der Waals surface area contributed by atoms with Crippen LogP contribution < -0.4 is 5.32 Å². The number of aliphatic hydroxyl groups is 1. The van der Waals surface area contributed by atoms with Crippen LogP contribution in [0.25, 0.3) is 0 Å². The fourth-order valence-corrected chi connectivity index (χ4v) is 2.99. The van der Waals surface area contributed by atoms with Crippen molar-refractivity contribution in [2.75, 3.05) is 19.7 Å². The van der Waals surface area contributed by atoms with E-state index in [2.05, 4.69) is 5.32 Å². The van der Waals surface area contributed by atoms with E-state index in [-0.39, 0.29) is 18.7 Å². The topological polar surface area (TPSA) is 52.6 Å². The van der Waals surface area contributed by atoms with Gasteiger partial charge >= 0.3 is 12.2 Å². The van der Waals surface area contributed by atoms with E-state index >= 15 is 0 Å². The van der Waals surface area contributed by atoms with Crippen LogP contribution in [-0.4, -0.2) is 41.8 Å². The van der Waals surface area contributed by atoms with Crippen LogP contribution >= 0.6 is 0 Å². The Morgan fingerprint density at radius 3 is 2.58 bits per heavy atom. The number of nitrogens with one attached hydrogen (secondary N) is 1. The Balaban J connectivity index is 1.81. The standard InChI is InChI=1S/C17H23F3N2O2/c18-17(19,20)14-6-4-13(5-7-14)8-10-21-16(24)22-11-2-1-3-15(22)9-12-23/h4-7,15,23H,1-3,8-12H2,(H,21,24). The van der Waals surface area contributed by atoms with Gasteiger partial charge in [0, 0.05) is 25.7 Å². The molecule has 0 spiro atoms. The summed E-state index contributed by atoms with van der Waals surface area (Å²) in [5.41, 5.74) is 0.0734. The highest BCUT2D eigenvalue weighted by Gasteiger charge is 2.30. The Labute approximate surface area is 139 Å². The maximum Gasteiger partial charge on any atom is 0.416 e. The number of nitrogens with zero attached hydrogens (tertiary/aromatic N) is 1. The zero-order valence-corrected chi connectivity index (χ0v) is 13.5. The molecule has 1 fully saturated rings. The first kappa shape index (κ1) is 18.6. The molecule has 0 saturated carbocycles. The third-order valence-corrected chi connectivity index (χ3v) is 4.32. The predicted molar refractivity (Wildman–Crippen MR) is 84.6 cm³/mol. The summed E-state index contributed by atoms with van der Waals surface area (Å²) in [7, 11) is 0. The largest absolute Gasteiger partial charge is 0.416 e. The van der Waals surface area contributed by atoms with Gasteiger partial charge in [0.25, 0.3) is 0 Å². The van der Waals surface area contributed by atoms with Gasteiger partial charge in [-0.1, -0.05) is 12.1 Å². The van der Waals surface area contributed by atoms with Crippen LogP contribution in [0, 0.1) is 0 Å². The molecule has 0 aliphatic carbocycles. The fourth-order valence-electron chi connectivity index (χ4n) is 2.99. The number of alkyl halides is 3. The van der Waals surface area contributed by atoms with E-state index < -0.39 is 11.7 Å². The lowest BCUT2D eigenvalue weighted by atomic mass is 10.0. The average molecular weight is 344 g/mol. The van der Waals surface area contributed by atoms with E-state index in [9.17, 15) is 18.0 Å². The first-order valence-corrected chi connectivity index (χ1v) is 8.23. The number of amides is 2. The van der Waals surface area contributed by atoms with Crippen LogP contribution in [0.5, 0.6) is 0 Å². The molecule has 1 unspecified atom stereocenters. The fraction of sp³-hybridized carbons (Fsp3) is 0.588. The Bertz CT molecular complexity index is 530. The summed E-state index contributed by atoms with van der Waals surface area (Å²) < 4.78 is 37.5. The van der Waals surface area contributed by atoms with E-state index in [0.29, 0.717) is 25.9 Å². The summed E-state index contributed by atoms with van der Waals surface area (Å²) >= 11 is 0. The van der Waals surface area contributed by atoms with Crippen molar-refractivity contribution >= 4 is 6.03 Å². The van der Waals surface area contributed by atoms with Crippen LogP contribution in [0.3, 0.4) is 0 Å². The summed E-state index contributed by atoms with van der Waals surface area (Å²) in [6, 6.07) is 4.88. The molecule has 24 heavy (non-hydrogen) atoms. The van der Waals surface area contributed by atoms with Gasteiger partial charge in [-0.25, -0.2) is 4.79 Å². The molecule has 0 radical (unpaired) electrons. The van der Waals surface area contributed by atoms with E-state index in [1.165, 1.54) is 12.1 Å². The van der Waals surface area contributed by atoms with Gasteiger partial charge in [0.15, 0.2) is 0 Å². The van der Waals surface area contributed by atoms with Gasteiger partial charge in [-0.15, -0.1) is 0 Å². The number of carbonyl (C=O) groups is 1. The zero-order valence-electron chi connectivity index (χ0n) is 13.5. The molecular formula is C17H23F3N2O2. The summed E-state index contributed by atoms with van der Waals surface area (Å²) in [6.45, 7) is 1.10. The smallest absolute Gasteiger partial charge is 0.396 e. The molecule has 1 saturated heterocycles. The molecule has 2 rings (SSSR count). The first-order valence-electron chi connectivity index (χ1n) is 8.23. The SMILES string of the molecule is O=C(NCCc1ccc(C(F)(F)F)cc1)N1CCCCC1CCO. The molecule has 0 bridgehead atoms. The van der Waals surface area contributed by atoms with Crippen molar-refractivity contribution in [1.29, 1.82) is 0 Å². The second-order valence-electron chi connectivity index (χ2n) is 6.03. The van der Waals surface area contributed by atoms with Gasteiger partial charge in [0.1, 0.15) is 0 Å². The van der Waals surface area contributed by atoms with Crippen molar-refractivity contribution in [2.45, 2.75) is 44.3 Å². The van der Waals surface area contributed by atoms with Crippen molar-refractivity contribution < 1.29 is 23.1 Å². The molecule has 1 atom stereocenters. The summed E-state index contributed by atoms with van der Waals surface area (Å²) in [5, 5.41) is 11.9. The maximum atomic E-state index is 12.5. The second-order valence-corrected chi connectivity index (χ2v) is 6.03. The van der Waals surface area contributed by atoms with Crippen molar-refractivity contribution in [3.63, 3.8) is 0 Å². The molecule has 2 N–H and O–H groups in total. The molecule has 7 heteroatoms. The minimum atomic E-state index is -4.33. The number of halogens is 3. The quantitative estimate of drug-likeness (QED) is 0.862. The lowest BCUT2D eigenvalue weighted by Crippen LogP contribution is -2.49. The Kier molecular flexibility index (Phi) is 6.48. The zero-order chi connectivity index (χ0) is 17.6. The molecular weight excluding hydrogens is 321 g/mol. The van der Waals surface area contributed by atoms with Gasteiger partial charge < -0.3 is 15.3 Å². The number of hydrogen-bond donors (Lipinski definition) is 2. The van der Waals surface area contributed by atoms with Crippen molar-refractivity contribution in [3.8, 4) is 0 Å². The Hall–Kier alpha value is -1.76. The summed E-state index contributed by atoms with van der Waals surface area (Å²) in [6.07, 6.45) is -0.376. The summed E-state index contributed by atoms with van der Waals surface area (Å²) in [4.78, 5) is 14.0. The monoisotopic (exact) mass is 344 g/mol. The van der Waals surface area contributed by atoms with Crippen LogP contribution in [0.1, 0.15) is 36.8 Å². The normalized spacial score (nSPS) is 18.5. The minimum absolute atomic E-state index is 0.0556. The molecule has 2 amide bonds. The van der Waals surface area contributed by atoms with Crippen LogP contribution in [0.2, 0.25) is 0 Å². The van der Waals surface area contributed by atoms with Crippen LogP contribution in [-0.2, 0) is 12.6 Å². The highest BCUT2D eigenvalue weighted by atomic mass is 19.4. The highest BCUT2D eigenvalue weighted by Crippen LogP contribution is 2.29. The molecule has 1 aromatic rings. The lowest BCUT2D eigenvalue weighted by Gasteiger charge is -2.35. The maximum absolute atomic E-state index is 12.5. The van der Waals surface area contributed by atoms with Crippen molar-refractivity contribution in [2.24, 2.45) is 0 Å². The molecule has 1 heterocycles. The van der Waals surface area contributed by atoms with Crippen molar-refractivity contribution in [3.05, 3.63) is 35.4 Å². The third-order valence-electron chi connectivity index (χ3n) is 4.32. The van der Waals surface area contributed by atoms with Crippen LogP contribution in [0.15, 0.2) is 24.3 Å². The number of piperidine rings is 1. The number of carbonyl (C=O) groups excluding carboxylic acids is 1.